The van der Waals surface area contributed by atoms with E-state index in [9.17, 15) is 0 Å². The monoisotopic (exact) mass is 248 g/mol. The molecule has 0 bridgehead atoms. The van der Waals surface area contributed by atoms with E-state index in [4.69, 9.17) is 4.74 Å². The lowest BCUT2D eigenvalue weighted by Gasteiger charge is -2.36. The van der Waals surface area contributed by atoms with E-state index < -0.39 is 0 Å². The van der Waals surface area contributed by atoms with Gasteiger partial charge in [-0.1, -0.05) is 18.2 Å². The third kappa shape index (κ3) is 3.47. The van der Waals surface area contributed by atoms with Crippen molar-refractivity contribution in [3.8, 4) is 5.75 Å². The van der Waals surface area contributed by atoms with E-state index in [1.54, 1.807) is 0 Å². The highest BCUT2D eigenvalue weighted by Crippen LogP contribution is 2.20. The Bertz CT molecular complexity index is 371. The Balaban J connectivity index is 2.04. The summed E-state index contributed by atoms with van der Waals surface area (Å²) in [7, 11) is 0. The molecule has 2 unspecified atom stereocenters. The standard InChI is InChI=1S/C15H24N2O/c1-4-18-15-8-6-5-7-14(15)11-17-9-12(2)16-13(3)10-17/h5-8,12-13,16H,4,9-11H2,1-3H3. The van der Waals surface area contributed by atoms with Crippen LogP contribution in [0.1, 0.15) is 26.3 Å². The summed E-state index contributed by atoms with van der Waals surface area (Å²) in [5, 5.41) is 3.56. The maximum Gasteiger partial charge on any atom is 0.123 e. The summed E-state index contributed by atoms with van der Waals surface area (Å²) in [6, 6.07) is 9.49. The highest BCUT2D eigenvalue weighted by atomic mass is 16.5. The lowest BCUT2D eigenvalue weighted by atomic mass is 10.1. The molecule has 0 amide bonds. The Morgan fingerprint density at radius 2 is 1.89 bits per heavy atom. The third-order valence-electron chi connectivity index (χ3n) is 3.30. The van der Waals surface area contributed by atoms with Gasteiger partial charge in [0.2, 0.25) is 0 Å². The maximum atomic E-state index is 5.69. The molecule has 0 aromatic heterocycles. The number of ether oxygens (including phenoxy) is 1. The molecule has 0 aliphatic carbocycles. The molecule has 0 radical (unpaired) electrons. The maximum absolute atomic E-state index is 5.69. The first-order chi connectivity index (χ1) is 8.69. The lowest BCUT2D eigenvalue weighted by Crippen LogP contribution is -2.53. The van der Waals surface area contributed by atoms with Gasteiger partial charge in [0.05, 0.1) is 6.61 Å². The second-order valence-electron chi connectivity index (χ2n) is 5.20. The minimum atomic E-state index is 0.563. The van der Waals surface area contributed by atoms with Crippen molar-refractivity contribution in [3.05, 3.63) is 29.8 Å². The first-order valence-corrected chi connectivity index (χ1v) is 6.88. The topological polar surface area (TPSA) is 24.5 Å². The predicted octanol–water partition coefficient (Wildman–Crippen LogP) is 2.27. The Labute approximate surface area is 110 Å². The molecule has 1 aliphatic heterocycles. The normalized spacial score (nSPS) is 25.1. The molecule has 1 aliphatic rings. The molecular weight excluding hydrogens is 224 g/mol. The first-order valence-electron chi connectivity index (χ1n) is 6.88. The van der Waals surface area contributed by atoms with E-state index in [2.05, 4.69) is 42.3 Å². The summed E-state index contributed by atoms with van der Waals surface area (Å²) in [5.41, 5.74) is 1.29. The van der Waals surface area contributed by atoms with Crippen LogP contribution in [0.4, 0.5) is 0 Å². The van der Waals surface area contributed by atoms with Gasteiger partial charge in [0.25, 0.3) is 0 Å². The number of para-hydroxylation sites is 1. The molecule has 0 spiro atoms. The SMILES string of the molecule is CCOc1ccccc1CN1CC(C)NC(C)C1. The van der Waals surface area contributed by atoms with Crippen LogP contribution < -0.4 is 10.1 Å². The largest absolute Gasteiger partial charge is 0.494 e. The molecule has 1 saturated heterocycles. The van der Waals surface area contributed by atoms with Crippen LogP contribution in [0.2, 0.25) is 0 Å². The molecule has 1 aromatic rings. The number of hydrogen-bond donors (Lipinski definition) is 1. The average molecular weight is 248 g/mol. The van der Waals surface area contributed by atoms with Gasteiger partial charge in [-0.15, -0.1) is 0 Å². The fourth-order valence-electron chi connectivity index (χ4n) is 2.74. The summed E-state index contributed by atoms with van der Waals surface area (Å²) in [4.78, 5) is 2.50. The van der Waals surface area contributed by atoms with E-state index in [1.807, 2.05) is 13.0 Å². The zero-order valence-corrected chi connectivity index (χ0v) is 11.6. The number of benzene rings is 1. The molecule has 18 heavy (non-hydrogen) atoms. The van der Waals surface area contributed by atoms with Crippen molar-refractivity contribution >= 4 is 0 Å². The Morgan fingerprint density at radius 3 is 2.56 bits per heavy atom. The smallest absolute Gasteiger partial charge is 0.123 e. The fraction of sp³-hybridized carbons (Fsp3) is 0.600. The third-order valence-corrected chi connectivity index (χ3v) is 3.30. The van der Waals surface area contributed by atoms with Gasteiger partial charge in [0.15, 0.2) is 0 Å². The van der Waals surface area contributed by atoms with Crippen LogP contribution in [-0.2, 0) is 6.54 Å². The number of nitrogens with one attached hydrogen (secondary N) is 1. The van der Waals surface area contributed by atoms with Gasteiger partial charge in [-0.25, -0.2) is 0 Å². The van der Waals surface area contributed by atoms with Gasteiger partial charge in [0.1, 0.15) is 5.75 Å². The molecule has 1 N–H and O–H groups in total. The van der Waals surface area contributed by atoms with Crippen LogP contribution in [0.25, 0.3) is 0 Å². The fourth-order valence-corrected chi connectivity index (χ4v) is 2.74. The van der Waals surface area contributed by atoms with Gasteiger partial charge in [-0.05, 0) is 26.8 Å². The number of nitrogens with zero attached hydrogens (tertiary/aromatic N) is 1. The van der Waals surface area contributed by atoms with Crippen molar-refractivity contribution in [1.29, 1.82) is 0 Å². The van der Waals surface area contributed by atoms with E-state index in [0.29, 0.717) is 12.1 Å². The highest BCUT2D eigenvalue weighted by Gasteiger charge is 2.21. The van der Waals surface area contributed by atoms with Crippen molar-refractivity contribution in [2.45, 2.75) is 39.4 Å². The zero-order valence-electron chi connectivity index (χ0n) is 11.6. The first kappa shape index (κ1) is 13.4. The Hall–Kier alpha value is -1.06. The quantitative estimate of drug-likeness (QED) is 0.884. The number of hydrogen-bond acceptors (Lipinski definition) is 3. The van der Waals surface area contributed by atoms with E-state index >= 15 is 0 Å². The van der Waals surface area contributed by atoms with Crippen LogP contribution in [0.3, 0.4) is 0 Å². The summed E-state index contributed by atoms with van der Waals surface area (Å²) in [6.45, 7) is 10.4. The zero-order chi connectivity index (χ0) is 13.0. The summed E-state index contributed by atoms with van der Waals surface area (Å²) >= 11 is 0. The molecule has 1 aromatic carbocycles. The van der Waals surface area contributed by atoms with Crippen LogP contribution in [0.15, 0.2) is 24.3 Å². The number of rotatable bonds is 4. The van der Waals surface area contributed by atoms with Crippen LogP contribution in [-0.4, -0.2) is 36.7 Å². The minimum Gasteiger partial charge on any atom is -0.494 e. The second-order valence-corrected chi connectivity index (χ2v) is 5.20. The molecule has 3 nitrogen and oxygen atoms in total. The molecule has 0 saturated carbocycles. The van der Waals surface area contributed by atoms with Crippen molar-refractivity contribution in [2.75, 3.05) is 19.7 Å². The minimum absolute atomic E-state index is 0.563. The summed E-state index contributed by atoms with van der Waals surface area (Å²) in [5.74, 6) is 1.03. The van der Waals surface area contributed by atoms with E-state index in [0.717, 1.165) is 32.0 Å². The van der Waals surface area contributed by atoms with E-state index in [-0.39, 0.29) is 0 Å². The van der Waals surface area contributed by atoms with Gasteiger partial charge in [-0.2, -0.15) is 0 Å². The molecule has 100 valence electrons. The van der Waals surface area contributed by atoms with Gasteiger partial charge in [-0.3, -0.25) is 4.90 Å². The molecule has 3 heteroatoms. The molecule has 2 rings (SSSR count). The molecule has 2 atom stereocenters. The summed E-state index contributed by atoms with van der Waals surface area (Å²) < 4.78 is 5.69. The van der Waals surface area contributed by atoms with Crippen LogP contribution >= 0.6 is 0 Å². The Kier molecular flexibility index (Phi) is 4.61. The Morgan fingerprint density at radius 1 is 1.22 bits per heavy atom. The number of piperazine rings is 1. The van der Waals surface area contributed by atoms with Crippen LogP contribution in [0, 0.1) is 0 Å². The van der Waals surface area contributed by atoms with Crippen molar-refractivity contribution < 1.29 is 4.74 Å². The molecular formula is C15H24N2O. The van der Waals surface area contributed by atoms with Crippen molar-refractivity contribution in [3.63, 3.8) is 0 Å². The van der Waals surface area contributed by atoms with E-state index in [1.165, 1.54) is 5.56 Å². The summed E-state index contributed by atoms with van der Waals surface area (Å²) in [6.07, 6.45) is 0. The molecule has 1 fully saturated rings. The van der Waals surface area contributed by atoms with Gasteiger partial charge < -0.3 is 10.1 Å². The predicted molar refractivity (Wildman–Crippen MR) is 74.9 cm³/mol. The van der Waals surface area contributed by atoms with Gasteiger partial charge in [0, 0.05) is 37.3 Å². The highest BCUT2D eigenvalue weighted by molar-refractivity contribution is 5.33. The average Bonchev–Trinajstić information content (AvgIpc) is 2.30. The lowest BCUT2D eigenvalue weighted by molar-refractivity contribution is 0.164. The van der Waals surface area contributed by atoms with Crippen molar-refractivity contribution in [1.82, 2.24) is 10.2 Å². The second kappa shape index (κ2) is 6.21. The van der Waals surface area contributed by atoms with Crippen molar-refractivity contribution in [2.24, 2.45) is 0 Å². The van der Waals surface area contributed by atoms with Crippen LogP contribution in [0.5, 0.6) is 5.75 Å². The molecule has 1 heterocycles. The van der Waals surface area contributed by atoms with Gasteiger partial charge >= 0.3 is 0 Å².